The summed E-state index contributed by atoms with van der Waals surface area (Å²) >= 11 is 7.12. The first-order valence-electron chi connectivity index (χ1n) is 8.91. The van der Waals surface area contributed by atoms with Crippen LogP contribution in [-0.4, -0.2) is 43.0 Å². The lowest BCUT2D eigenvalue weighted by Gasteiger charge is -2.16. The predicted molar refractivity (Wildman–Crippen MR) is 102 cm³/mol. The average Bonchev–Trinajstić information content (AvgIpc) is 3.33. The van der Waals surface area contributed by atoms with Gasteiger partial charge < -0.3 is 0 Å². The molecule has 0 bridgehead atoms. The molecule has 1 fully saturated rings. The highest BCUT2D eigenvalue weighted by Crippen LogP contribution is 2.31. The lowest BCUT2D eigenvalue weighted by molar-refractivity contribution is -0.141. The summed E-state index contributed by atoms with van der Waals surface area (Å²) < 4.78 is 40.0. The van der Waals surface area contributed by atoms with Gasteiger partial charge in [0, 0.05) is 10.7 Å². The third kappa shape index (κ3) is 4.71. The first kappa shape index (κ1) is 20.1. The van der Waals surface area contributed by atoms with E-state index in [1.54, 1.807) is 12.1 Å². The third-order valence-corrected chi connectivity index (χ3v) is 5.60. The van der Waals surface area contributed by atoms with Gasteiger partial charge in [0.2, 0.25) is 5.16 Å². The number of alkyl halides is 3. The fourth-order valence-electron chi connectivity index (χ4n) is 3.08. The number of benzene rings is 1. The molecule has 11 heteroatoms. The summed E-state index contributed by atoms with van der Waals surface area (Å²) in [6, 6.07) is 9.42. The summed E-state index contributed by atoms with van der Waals surface area (Å²) in [5.74, 6) is 0.747. The molecule has 0 unspecified atom stereocenters. The summed E-state index contributed by atoms with van der Waals surface area (Å²) in [5, 5.41) is 16.9. The number of hydrogen-bond acceptors (Lipinski definition) is 6. The summed E-state index contributed by atoms with van der Waals surface area (Å²) in [5.41, 5.74) is -0.216. The number of likely N-dealkylation sites (tertiary alicyclic amines) is 1. The van der Waals surface area contributed by atoms with Gasteiger partial charge >= 0.3 is 6.18 Å². The zero-order valence-corrected chi connectivity index (χ0v) is 16.7. The van der Waals surface area contributed by atoms with Crippen LogP contribution in [0.25, 0.3) is 5.69 Å². The smallest absolute Gasteiger partial charge is 0.296 e. The van der Waals surface area contributed by atoms with Crippen LogP contribution >= 0.6 is 23.4 Å². The molecule has 3 heterocycles. The second kappa shape index (κ2) is 8.29. The summed E-state index contributed by atoms with van der Waals surface area (Å²) in [6.07, 6.45) is -2.22. The monoisotopic (exact) mass is 440 g/mol. The maximum absolute atomic E-state index is 12.7. The van der Waals surface area contributed by atoms with Gasteiger partial charge in [-0.3, -0.25) is 9.47 Å². The minimum absolute atomic E-state index is 0.299. The number of rotatable bonds is 5. The number of nitrogens with zero attached hydrogens (tertiary/aromatic N) is 6. The lowest BCUT2D eigenvalue weighted by atomic mass is 10.3. The van der Waals surface area contributed by atoms with Gasteiger partial charge in [0.05, 0.1) is 6.54 Å². The molecular formula is C18H16ClF3N6S. The summed E-state index contributed by atoms with van der Waals surface area (Å²) in [7, 11) is 0. The molecule has 152 valence electrons. The van der Waals surface area contributed by atoms with E-state index in [1.807, 2.05) is 16.7 Å². The van der Waals surface area contributed by atoms with Crippen molar-refractivity contribution in [3.8, 4) is 5.69 Å². The maximum atomic E-state index is 12.7. The van der Waals surface area contributed by atoms with Gasteiger partial charge in [-0.05, 0) is 74.1 Å². The molecular weight excluding hydrogens is 425 g/mol. The molecule has 2 aromatic heterocycles. The fraction of sp³-hybridized carbons (Fsp3) is 0.333. The molecule has 0 aliphatic carbocycles. The van der Waals surface area contributed by atoms with Crippen molar-refractivity contribution in [2.75, 3.05) is 13.1 Å². The van der Waals surface area contributed by atoms with Crippen LogP contribution in [0.2, 0.25) is 5.02 Å². The van der Waals surface area contributed by atoms with Crippen molar-refractivity contribution in [1.82, 2.24) is 29.9 Å². The van der Waals surface area contributed by atoms with Crippen molar-refractivity contribution in [3.63, 3.8) is 0 Å². The van der Waals surface area contributed by atoms with Crippen LogP contribution in [0.5, 0.6) is 0 Å². The van der Waals surface area contributed by atoms with Gasteiger partial charge in [0.1, 0.15) is 5.03 Å². The first-order chi connectivity index (χ1) is 13.9. The van der Waals surface area contributed by atoms with Gasteiger partial charge in [0.15, 0.2) is 11.5 Å². The Bertz CT molecular complexity index is 969. The molecule has 1 aliphatic rings. The van der Waals surface area contributed by atoms with Crippen LogP contribution in [0.15, 0.2) is 46.6 Å². The highest BCUT2D eigenvalue weighted by Gasteiger charge is 2.33. The van der Waals surface area contributed by atoms with Crippen molar-refractivity contribution in [1.29, 1.82) is 0 Å². The van der Waals surface area contributed by atoms with E-state index in [2.05, 4.69) is 25.3 Å². The first-order valence-corrected chi connectivity index (χ1v) is 10.1. The highest BCUT2D eigenvalue weighted by atomic mass is 35.5. The van der Waals surface area contributed by atoms with Gasteiger partial charge in [-0.2, -0.15) is 13.2 Å². The van der Waals surface area contributed by atoms with Crippen LogP contribution in [0.1, 0.15) is 24.4 Å². The van der Waals surface area contributed by atoms with Crippen LogP contribution in [0, 0.1) is 0 Å². The van der Waals surface area contributed by atoms with Crippen LogP contribution in [0.3, 0.4) is 0 Å². The molecule has 0 atom stereocenters. The van der Waals surface area contributed by atoms with Crippen molar-refractivity contribution < 1.29 is 13.2 Å². The Hall–Kier alpha value is -2.17. The van der Waals surface area contributed by atoms with E-state index in [1.165, 1.54) is 6.07 Å². The molecule has 0 amide bonds. The van der Waals surface area contributed by atoms with E-state index in [0.29, 0.717) is 21.7 Å². The summed E-state index contributed by atoms with van der Waals surface area (Å²) in [4.78, 5) is 2.29. The Kier molecular flexibility index (Phi) is 5.75. The minimum atomic E-state index is -4.53. The second-order valence-corrected chi connectivity index (χ2v) is 7.97. The SMILES string of the molecule is FC(F)(F)c1ccc(Sc2nnc(CN3CCCC3)n2-c2ccc(Cl)cc2)nn1. The maximum Gasteiger partial charge on any atom is 0.435 e. The fourth-order valence-corrected chi connectivity index (χ4v) is 3.99. The van der Waals surface area contributed by atoms with Crippen molar-refractivity contribution in [3.05, 3.63) is 52.9 Å². The van der Waals surface area contributed by atoms with Crippen LogP contribution < -0.4 is 0 Å². The molecule has 0 spiro atoms. The van der Waals surface area contributed by atoms with Gasteiger partial charge in [0.25, 0.3) is 0 Å². The van der Waals surface area contributed by atoms with E-state index < -0.39 is 11.9 Å². The Labute approximate surface area is 174 Å². The molecule has 3 aromatic rings. The predicted octanol–water partition coefficient (Wildman–Crippen LogP) is 4.48. The Morgan fingerprint density at radius 2 is 1.66 bits per heavy atom. The Morgan fingerprint density at radius 1 is 0.931 bits per heavy atom. The topological polar surface area (TPSA) is 59.7 Å². The largest absolute Gasteiger partial charge is 0.435 e. The minimum Gasteiger partial charge on any atom is -0.296 e. The number of aromatic nitrogens is 5. The average molecular weight is 441 g/mol. The van der Waals surface area contributed by atoms with Gasteiger partial charge in [-0.15, -0.1) is 20.4 Å². The molecule has 0 N–H and O–H groups in total. The van der Waals surface area contributed by atoms with Crippen molar-refractivity contribution >= 4 is 23.4 Å². The zero-order chi connectivity index (χ0) is 20.4. The van der Waals surface area contributed by atoms with Gasteiger partial charge in [-0.1, -0.05) is 11.6 Å². The standard InChI is InChI=1S/C18H16ClF3N6S/c19-12-3-5-13(6-4-12)28-15(11-27-9-1-2-10-27)24-26-17(28)29-16-8-7-14(23-25-16)18(20,21)22/h3-8H,1-2,9-11H2. The molecule has 1 aliphatic heterocycles. The van der Waals surface area contributed by atoms with Crippen LogP contribution in [0.4, 0.5) is 13.2 Å². The normalized spacial score (nSPS) is 15.2. The zero-order valence-electron chi connectivity index (χ0n) is 15.1. The van der Waals surface area contributed by atoms with E-state index in [0.717, 1.165) is 55.3 Å². The molecule has 1 aromatic carbocycles. The number of hydrogen-bond donors (Lipinski definition) is 0. The molecule has 0 saturated carbocycles. The van der Waals surface area contributed by atoms with Gasteiger partial charge in [-0.25, -0.2) is 0 Å². The third-order valence-electron chi connectivity index (χ3n) is 4.48. The molecule has 0 radical (unpaired) electrons. The molecule has 1 saturated heterocycles. The van der Waals surface area contributed by atoms with E-state index in [9.17, 15) is 13.2 Å². The van der Waals surface area contributed by atoms with E-state index >= 15 is 0 Å². The quantitative estimate of drug-likeness (QED) is 0.583. The van der Waals surface area contributed by atoms with Crippen LogP contribution in [-0.2, 0) is 12.7 Å². The van der Waals surface area contributed by atoms with E-state index in [4.69, 9.17) is 11.6 Å². The molecule has 29 heavy (non-hydrogen) atoms. The highest BCUT2D eigenvalue weighted by molar-refractivity contribution is 7.99. The van der Waals surface area contributed by atoms with E-state index in [-0.39, 0.29) is 0 Å². The summed E-state index contributed by atoms with van der Waals surface area (Å²) in [6.45, 7) is 2.63. The Morgan fingerprint density at radius 3 is 2.28 bits per heavy atom. The molecule has 4 rings (SSSR count). The number of halogens is 4. The lowest BCUT2D eigenvalue weighted by Crippen LogP contribution is -2.21. The molecule has 6 nitrogen and oxygen atoms in total. The second-order valence-electron chi connectivity index (χ2n) is 6.55. The van der Waals surface area contributed by atoms with Crippen molar-refractivity contribution in [2.24, 2.45) is 0 Å². The van der Waals surface area contributed by atoms with Crippen molar-refractivity contribution in [2.45, 2.75) is 35.7 Å². The Balaban J connectivity index is 1.65.